The highest BCUT2D eigenvalue weighted by atomic mass is 19.2. The smallest absolute Gasteiger partial charge is 0.189 e. The monoisotopic (exact) mass is 336 g/mol. The van der Waals surface area contributed by atoms with Crippen molar-refractivity contribution in [3.05, 3.63) is 47.0 Å². The molecule has 1 aromatic rings. The lowest BCUT2D eigenvalue weighted by Gasteiger charge is -2.45. The second-order valence-electron chi connectivity index (χ2n) is 6.40. The van der Waals surface area contributed by atoms with Gasteiger partial charge in [0.05, 0.1) is 23.9 Å². The van der Waals surface area contributed by atoms with Crippen molar-refractivity contribution >= 4 is 5.71 Å². The molecule has 3 atom stereocenters. The molecule has 1 N–H and O–H groups in total. The molecule has 2 aliphatic carbocycles. The van der Waals surface area contributed by atoms with Crippen LogP contribution >= 0.6 is 0 Å². The summed E-state index contributed by atoms with van der Waals surface area (Å²) in [7, 11) is 0. The molecule has 3 rings (SSSR count). The van der Waals surface area contributed by atoms with Gasteiger partial charge in [-0.1, -0.05) is 12.1 Å². The van der Waals surface area contributed by atoms with Crippen LogP contribution in [-0.4, -0.2) is 5.71 Å². The van der Waals surface area contributed by atoms with Crippen molar-refractivity contribution in [3.8, 4) is 18.2 Å². The van der Waals surface area contributed by atoms with Crippen molar-refractivity contribution in [1.29, 1.82) is 21.2 Å². The summed E-state index contributed by atoms with van der Waals surface area (Å²) in [6.45, 7) is 0. The van der Waals surface area contributed by atoms with Crippen molar-refractivity contribution in [3.63, 3.8) is 0 Å². The van der Waals surface area contributed by atoms with E-state index in [-0.39, 0.29) is 11.6 Å². The van der Waals surface area contributed by atoms with E-state index in [1.807, 2.05) is 24.3 Å². The van der Waals surface area contributed by atoms with Crippen molar-refractivity contribution < 1.29 is 8.78 Å². The summed E-state index contributed by atoms with van der Waals surface area (Å²) in [5.41, 5.74) is -1.13. The molecule has 1 saturated carbocycles. The highest BCUT2D eigenvalue weighted by molar-refractivity contribution is 6.00. The number of halogens is 2. The highest BCUT2D eigenvalue weighted by Crippen LogP contribution is 2.55. The van der Waals surface area contributed by atoms with Gasteiger partial charge >= 0.3 is 0 Å². The quantitative estimate of drug-likeness (QED) is 0.786. The zero-order chi connectivity index (χ0) is 18.2. The summed E-state index contributed by atoms with van der Waals surface area (Å²) in [4.78, 5) is 0. The lowest BCUT2D eigenvalue weighted by atomic mass is 9.53. The molecule has 25 heavy (non-hydrogen) atoms. The predicted octanol–water partition coefficient (Wildman–Crippen LogP) is 3.98. The highest BCUT2D eigenvalue weighted by Gasteiger charge is 2.57. The van der Waals surface area contributed by atoms with E-state index in [0.29, 0.717) is 12.0 Å². The maximum Gasteiger partial charge on any atom is 0.189 e. The lowest BCUT2D eigenvalue weighted by molar-refractivity contribution is 0.319. The van der Waals surface area contributed by atoms with Crippen LogP contribution in [0.2, 0.25) is 0 Å². The van der Waals surface area contributed by atoms with E-state index in [1.165, 1.54) is 6.07 Å². The van der Waals surface area contributed by atoms with Crippen LogP contribution < -0.4 is 0 Å². The van der Waals surface area contributed by atoms with Crippen LogP contribution in [0.3, 0.4) is 0 Å². The molecule has 6 heteroatoms. The summed E-state index contributed by atoms with van der Waals surface area (Å²) in [5, 5.41) is 37.4. The number of allylic oxidation sites excluding steroid dienone is 2. The second kappa shape index (κ2) is 6.11. The topological polar surface area (TPSA) is 95.2 Å². The minimum atomic E-state index is -1.87. The number of fused-ring (bicyclic) bond motifs is 1. The molecule has 4 nitrogen and oxygen atoms in total. The van der Waals surface area contributed by atoms with E-state index in [9.17, 15) is 24.6 Å². The van der Waals surface area contributed by atoms with Gasteiger partial charge in [0, 0.05) is 5.92 Å². The summed E-state index contributed by atoms with van der Waals surface area (Å²) in [6.07, 6.45) is 4.09. The van der Waals surface area contributed by atoms with Crippen LogP contribution in [0.25, 0.3) is 0 Å². The first-order valence-corrected chi connectivity index (χ1v) is 7.96. The number of hydrogen-bond acceptors (Lipinski definition) is 4. The number of hydrogen-bond donors (Lipinski definition) is 1. The Balaban J connectivity index is 2.27. The molecular weight excluding hydrogens is 322 g/mol. The van der Waals surface area contributed by atoms with Crippen molar-refractivity contribution in [2.24, 2.45) is 17.3 Å². The van der Waals surface area contributed by atoms with Gasteiger partial charge < -0.3 is 5.41 Å². The molecule has 0 spiro atoms. The third kappa shape index (κ3) is 2.32. The minimum Gasteiger partial charge on any atom is -0.305 e. The van der Waals surface area contributed by atoms with Crippen LogP contribution in [0.15, 0.2) is 29.8 Å². The average Bonchev–Trinajstić information content (AvgIpc) is 2.63. The van der Waals surface area contributed by atoms with Gasteiger partial charge in [-0.2, -0.15) is 15.8 Å². The summed E-state index contributed by atoms with van der Waals surface area (Å²) < 4.78 is 27.1. The van der Waals surface area contributed by atoms with E-state index in [0.717, 1.165) is 30.5 Å². The Labute approximate surface area is 144 Å². The number of nitriles is 3. The van der Waals surface area contributed by atoms with Crippen molar-refractivity contribution in [2.45, 2.75) is 25.2 Å². The van der Waals surface area contributed by atoms with Gasteiger partial charge in [0.2, 0.25) is 0 Å². The molecule has 0 heterocycles. The normalized spacial score (nSPS) is 27.2. The SMILES string of the molecule is N#C[C@@H]1C(=N)C(C#N)(C#N)[C@H](c2ccc(F)c(F)c2)[C@H]2CCCC=C12. The number of rotatable bonds is 1. The van der Waals surface area contributed by atoms with Crippen molar-refractivity contribution in [1.82, 2.24) is 0 Å². The van der Waals surface area contributed by atoms with Gasteiger partial charge in [0.1, 0.15) is 5.92 Å². The summed E-state index contributed by atoms with van der Waals surface area (Å²) in [6, 6.07) is 9.20. The summed E-state index contributed by atoms with van der Waals surface area (Å²) >= 11 is 0. The molecule has 1 aromatic carbocycles. The average molecular weight is 336 g/mol. The van der Waals surface area contributed by atoms with E-state index < -0.39 is 28.9 Å². The van der Waals surface area contributed by atoms with Gasteiger partial charge in [0.25, 0.3) is 0 Å². The first kappa shape index (κ1) is 16.8. The van der Waals surface area contributed by atoms with Crippen LogP contribution in [0.1, 0.15) is 30.7 Å². The van der Waals surface area contributed by atoms with E-state index >= 15 is 0 Å². The fourth-order valence-electron chi connectivity index (χ4n) is 4.09. The lowest BCUT2D eigenvalue weighted by Crippen LogP contribution is -2.48. The molecule has 124 valence electrons. The van der Waals surface area contributed by atoms with Crippen LogP contribution in [0.4, 0.5) is 8.78 Å². The Bertz CT molecular complexity index is 883. The fourth-order valence-corrected chi connectivity index (χ4v) is 4.09. The first-order valence-electron chi connectivity index (χ1n) is 7.96. The molecule has 0 amide bonds. The van der Waals surface area contributed by atoms with Crippen LogP contribution in [0, 0.1) is 68.3 Å². The molecule has 0 aliphatic heterocycles. The molecular formula is C19H14F2N4. The van der Waals surface area contributed by atoms with Crippen molar-refractivity contribution in [2.75, 3.05) is 0 Å². The third-order valence-corrected chi connectivity index (χ3v) is 5.23. The molecule has 0 unspecified atom stereocenters. The molecule has 0 radical (unpaired) electrons. The number of nitrogens with one attached hydrogen (secondary N) is 1. The van der Waals surface area contributed by atoms with E-state index in [4.69, 9.17) is 5.41 Å². The maximum atomic E-state index is 13.8. The molecule has 0 saturated heterocycles. The maximum absolute atomic E-state index is 13.8. The molecule has 1 fully saturated rings. The first-order chi connectivity index (χ1) is 12.0. The third-order valence-electron chi connectivity index (χ3n) is 5.23. The predicted molar refractivity (Wildman–Crippen MR) is 85.0 cm³/mol. The number of nitrogens with zero attached hydrogens (tertiary/aromatic N) is 3. The van der Waals surface area contributed by atoms with Gasteiger partial charge in [-0.25, -0.2) is 8.78 Å². The number of benzene rings is 1. The van der Waals surface area contributed by atoms with Gasteiger partial charge in [-0.3, -0.25) is 0 Å². The summed E-state index contributed by atoms with van der Waals surface area (Å²) in [5.74, 6) is -4.12. The molecule has 0 aromatic heterocycles. The zero-order valence-electron chi connectivity index (χ0n) is 13.3. The Morgan fingerprint density at radius 3 is 2.44 bits per heavy atom. The Hall–Kier alpha value is -3.04. The zero-order valence-corrected chi connectivity index (χ0v) is 13.3. The molecule has 2 aliphatic rings. The second-order valence-corrected chi connectivity index (χ2v) is 6.40. The Morgan fingerprint density at radius 2 is 1.84 bits per heavy atom. The Morgan fingerprint density at radius 1 is 1.12 bits per heavy atom. The largest absolute Gasteiger partial charge is 0.305 e. The van der Waals surface area contributed by atoms with Gasteiger partial charge in [0.15, 0.2) is 17.0 Å². The molecule has 0 bridgehead atoms. The van der Waals surface area contributed by atoms with E-state index in [1.54, 1.807) is 0 Å². The fraction of sp³-hybridized carbons (Fsp3) is 0.368. The standard InChI is InChI=1S/C19H14F2N4/c20-15-6-5-11(7-16(15)21)17-13-4-2-1-3-12(13)14(8-22)18(25)19(17,9-23)10-24/h3,5-7,13-14,17,25H,1-2,4H2/t13-,14-,17+/m0/s1. The van der Waals surface area contributed by atoms with Crippen LogP contribution in [0.5, 0.6) is 0 Å². The van der Waals surface area contributed by atoms with Crippen LogP contribution in [-0.2, 0) is 0 Å². The van der Waals surface area contributed by atoms with E-state index in [2.05, 4.69) is 0 Å². The Kier molecular flexibility index (Phi) is 4.11. The van der Waals surface area contributed by atoms with Gasteiger partial charge in [-0.15, -0.1) is 0 Å². The minimum absolute atomic E-state index is 0.279. The van der Waals surface area contributed by atoms with Gasteiger partial charge in [-0.05, 0) is 48.4 Å².